The Bertz CT molecular complexity index is 461. The van der Waals surface area contributed by atoms with Crippen LogP contribution >= 0.6 is 11.6 Å². The topological polar surface area (TPSA) is 61.4 Å². The third-order valence-corrected chi connectivity index (χ3v) is 3.76. The number of halogens is 1. The molecule has 0 radical (unpaired) electrons. The van der Waals surface area contributed by atoms with Gasteiger partial charge in [-0.05, 0) is 37.5 Å². The van der Waals surface area contributed by atoms with Crippen LogP contribution in [0.2, 0.25) is 5.02 Å². The standard InChI is InChI=1S/C14H19ClN2O2/c1-10(8-18)17-13(19)16-9-14(5-6-14)11-3-2-4-12(15)7-11/h2-4,7,10,18H,5-6,8-9H2,1H3,(H2,16,17,19). The molecule has 0 saturated heterocycles. The molecule has 3 N–H and O–H groups in total. The van der Waals surface area contributed by atoms with E-state index in [0.29, 0.717) is 6.54 Å². The van der Waals surface area contributed by atoms with Crippen molar-refractivity contribution >= 4 is 17.6 Å². The quantitative estimate of drug-likeness (QED) is 0.774. The van der Waals surface area contributed by atoms with Gasteiger partial charge in [0.25, 0.3) is 0 Å². The molecule has 1 aromatic carbocycles. The van der Waals surface area contributed by atoms with Gasteiger partial charge < -0.3 is 15.7 Å². The van der Waals surface area contributed by atoms with Crippen LogP contribution in [-0.2, 0) is 5.41 Å². The number of aliphatic hydroxyl groups excluding tert-OH is 1. The lowest BCUT2D eigenvalue weighted by atomic mass is 9.96. The Morgan fingerprint density at radius 1 is 1.53 bits per heavy atom. The molecular formula is C14H19ClN2O2. The van der Waals surface area contributed by atoms with E-state index in [1.165, 1.54) is 5.56 Å². The van der Waals surface area contributed by atoms with Crippen LogP contribution in [0.1, 0.15) is 25.3 Å². The van der Waals surface area contributed by atoms with Crippen molar-refractivity contribution in [2.45, 2.75) is 31.2 Å². The number of hydrogen-bond donors (Lipinski definition) is 3. The molecule has 0 aliphatic heterocycles. The van der Waals surface area contributed by atoms with E-state index in [-0.39, 0.29) is 24.1 Å². The van der Waals surface area contributed by atoms with E-state index >= 15 is 0 Å². The summed E-state index contributed by atoms with van der Waals surface area (Å²) < 4.78 is 0. The fraction of sp³-hybridized carbons (Fsp3) is 0.500. The second-order valence-corrected chi connectivity index (χ2v) is 5.64. The van der Waals surface area contributed by atoms with Gasteiger partial charge in [-0.15, -0.1) is 0 Å². The fourth-order valence-corrected chi connectivity index (χ4v) is 2.30. The zero-order valence-electron chi connectivity index (χ0n) is 10.9. The Morgan fingerprint density at radius 3 is 2.84 bits per heavy atom. The Hall–Kier alpha value is -1.26. The van der Waals surface area contributed by atoms with Crippen molar-refractivity contribution in [2.75, 3.05) is 13.2 Å². The molecule has 2 rings (SSSR count). The van der Waals surface area contributed by atoms with Gasteiger partial charge in [0, 0.05) is 17.0 Å². The highest BCUT2D eigenvalue weighted by atomic mass is 35.5. The van der Waals surface area contributed by atoms with Crippen LogP contribution < -0.4 is 10.6 Å². The number of urea groups is 1. The van der Waals surface area contributed by atoms with E-state index in [4.69, 9.17) is 16.7 Å². The molecule has 2 amide bonds. The normalized spacial score (nSPS) is 17.6. The van der Waals surface area contributed by atoms with Gasteiger partial charge in [0.2, 0.25) is 0 Å². The molecule has 0 bridgehead atoms. The first kappa shape index (κ1) is 14.2. The van der Waals surface area contributed by atoms with Crippen molar-refractivity contribution in [3.63, 3.8) is 0 Å². The largest absolute Gasteiger partial charge is 0.394 e. The number of carbonyl (C=O) groups excluding carboxylic acids is 1. The molecule has 0 spiro atoms. The Morgan fingerprint density at radius 2 is 2.26 bits per heavy atom. The highest BCUT2D eigenvalue weighted by Gasteiger charge is 2.44. The molecule has 104 valence electrons. The number of nitrogens with one attached hydrogen (secondary N) is 2. The molecule has 1 fully saturated rings. The SMILES string of the molecule is CC(CO)NC(=O)NCC1(c2cccc(Cl)c2)CC1. The smallest absolute Gasteiger partial charge is 0.315 e. The molecule has 0 heterocycles. The first-order valence-electron chi connectivity index (χ1n) is 6.47. The van der Waals surface area contributed by atoms with Crippen molar-refractivity contribution in [1.82, 2.24) is 10.6 Å². The molecule has 1 aliphatic rings. The summed E-state index contributed by atoms with van der Waals surface area (Å²) in [5.41, 5.74) is 1.21. The Balaban J connectivity index is 1.90. The molecule has 0 aromatic heterocycles. The molecule has 5 heteroatoms. The van der Waals surface area contributed by atoms with E-state index in [0.717, 1.165) is 17.9 Å². The third kappa shape index (κ3) is 3.61. The predicted octanol–water partition coefficient (Wildman–Crippen LogP) is 2.05. The summed E-state index contributed by atoms with van der Waals surface area (Å²) in [5, 5.41) is 15.1. The Labute approximate surface area is 118 Å². The van der Waals surface area contributed by atoms with E-state index in [2.05, 4.69) is 16.7 Å². The summed E-state index contributed by atoms with van der Waals surface area (Å²) in [6, 6.07) is 7.32. The predicted molar refractivity (Wildman–Crippen MR) is 75.4 cm³/mol. The maximum Gasteiger partial charge on any atom is 0.315 e. The van der Waals surface area contributed by atoms with Crippen LogP contribution in [0.25, 0.3) is 0 Å². The van der Waals surface area contributed by atoms with E-state index < -0.39 is 0 Å². The number of carbonyl (C=O) groups is 1. The fourth-order valence-electron chi connectivity index (χ4n) is 2.11. The number of hydrogen-bond acceptors (Lipinski definition) is 2. The maximum absolute atomic E-state index is 11.6. The minimum atomic E-state index is -0.241. The number of rotatable bonds is 5. The van der Waals surface area contributed by atoms with Gasteiger partial charge in [-0.3, -0.25) is 0 Å². The lowest BCUT2D eigenvalue weighted by Crippen LogP contribution is -2.44. The van der Waals surface area contributed by atoms with Gasteiger partial charge >= 0.3 is 6.03 Å². The van der Waals surface area contributed by atoms with E-state index in [1.54, 1.807) is 6.92 Å². The van der Waals surface area contributed by atoms with Crippen molar-refractivity contribution in [3.8, 4) is 0 Å². The van der Waals surface area contributed by atoms with Gasteiger partial charge in [-0.2, -0.15) is 0 Å². The summed E-state index contributed by atoms with van der Waals surface area (Å²) >= 11 is 6.00. The van der Waals surface area contributed by atoms with Crippen LogP contribution in [-0.4, -0.2) is 30.3 Å². The Kier molecular flexibility index (Phi) is 4.32. The maximum atomic E-state index is 11.6. The third-order valence-electron chi connectivity index (χ3n) is 3.53. The second-order valence-electron chi connectivity index (χ2n) is 5.20. The van der Waals surface area contributed by atoms with Gasteiger partial charge in [0.15, 0.2) is 0 Å². The summed E-state index contributed by atoms with van der Waals surface area (Å²) in [6.45, 7) is 2.29. The molecule has 1 saturated carbocycles. The molecule has 1 unspecified atom stereocenters. The van der Waals surface area contributed by atoms with E-state index in [9.17, 15) is 4.79 Å². The summed E-state index contributed by atoms with van der Waals surface area (Å²) in [5.74, 6) is 0. The second kappa shape index (κ2) is 5.80. The average molecular weight is 283 g/mol. The number of benzene rings is 1. The first-order chi connectivity index (χ1) is 9.05. The van der Waals surface area contributed by atoms with Crippen molar-refractivity contribution in [2.24, 2.45) is 0 Å². The highest BCUT2D eigenvalue weighted by molar-refractivity contribution is 6.30. The van der Waals surface area contributed by atoms with Crippen molar-refractivity contribution in [1.29, 1.82) is 0 Å². The van der Waals surface area contributed by atoms with Gasteiger partial charge in [-0.25, -0.2) is 4.79 Å². The summed E-state index contributed by atoms with van der Waals surface area (Å²) in [7, 11) is 0. The average Bonchev–Trinajstić information content (AvgIpc) is 3.17. The zero-order valence-corrected chi connectivity index (χ0v) is 11.7. The van der Waals surface area contributed by atoms with Crippen molar-refractivity contribution in [3.05, 3.63) is 34.9 Å². The molecule has 19 heavy (non-hydrogen) atoms. The molecule has 1 aliphatic carbocycles. The highest BCUT2D eigenvalue weighted by Crippen LogP contribution is 2.48. The molecule has 1 atom stereocenters. The van der Waals surface area contributed by atoms with E-state index in [1.807, 2.05) is 18.2 Å². The molecule has 1 aromatic rings. The minimum absolute atomic E-state index is 0.0324. The van der Waals surface area contributed by atoms with Crippen LogP contribution in [0.3, 0.4) is 0 Å². The van der Waals surface area contributed by atoms with Crippen molar-refractivity contribution < 1.29 is 9.90 Å². The van der Waals surface area contributed by atoms with Crippen LogP contribution in [0, 0.1) is 0 Å². The molecular weight excluding hydrogens is 264 g/mol. The van der Waals surface area contributed by atoms with Gasteiger partial charge in [0.1, 0.15) is 0 Å². The van der Waals surface area contributed by atoms with Crippen LogP contribution in [0.4, 0.5) is 4.79 Å². The lowest BCUT2D eigenvalue weighted by molar-refractivity contribution is 0.220. The number of aliphatic hydroxyl groups is 1. The minimum Gasteiger partial charge on any atom is -0.394 e. The molecule has 4 nitrogen and oxygen atoms in total. The monoisotopic (exact) mass is 282 g/mol. The lowest BCUT2D eigenvalue weighted by Gasteiger charge is -2.18. The van der Waals surface area contributed by atoms with Gasteiger partial charge in [0.05, 0.1) is 12.6 Å². The number of amides is 2. The zero-order chi connectivity index (χ0) is 13.9. The summed E-state index contributed by atoms with van der Waals surface area (Å²) in [4.78, 5) is 11.6. The summed E-state index contributed by atoms with van der Waals surface area (Å²) in [6.07, 6.45) is 2.12. The van der Waals surface area contributed by atoms with Crippen LogP contribution in [0.5, 0.6) is 0 Å². The van der Waals surface area contributed by atoms with Crippen LogP contribution in [0.15, 0.2) is 24.3 Å². The first-order valence-corrected chi connectivity index (χ1v) is 6.85. The van der Waals surface area contributed by atoms with Gasteiger partial charge in [-0.1, -0.05) is 23.7 Å².